The fraction of sp³-hybridized carbons (Fsp3) is 0.263. The van der Waals surface area contributed by atoms with Gasteiger partial charge in [-0.15, -0.1) is 0 Å². The minimum Gasteiger partial charge on any atom is -0.326 e. The average molecular weight is 363 g/mol. The maximum Gasteiger partial charge on any atom is 0.226 e. The van der Waals surface area contributed by atoms with E-state index < -0.39 is 5.82 Å². The van der Waals surface area contributed by atoms with Crippen LogP contribution in [-0.4, -0.2) is 18.4 Å². The zero-order valence-electron chi connectivity index (χ0n) is 14.4. The van der Waals surface area contributed by atoms with Gasteiger partial charge in [0.1, 0.15) is 5.82 Å². The van der Waals surface area contributed by atoms with Crippen LogP contribution in [0.25, 0.3) is 0 Å². The minimum absolute atomic E-state index is 0.0570. The molecule has 0 radical (unpaired) electrons. The van der Waals surface area contributed by atoms with E-state index in [1.807, 2.05) is 32.0 Å². The molecule has 0 aliphatic heterocycles. The summed E-state index contributed by atoms with van der Waals surface area (Å²) in [6.45, 7) is 5.63. The topological polar surface area (TPSA) is 49.4 Å². The Hall–Kier alpha value is -2.40. The van der Waals surface area contributed by atoms with E-state index in [-0.39, 0.29) is 29.8 Å². The molecule has 0 aliphatic carbocycles. The van der Waals surface area contributed by atoms with Gasteiger partial charge in [-0.25, -0.2) is 4.39 Å². The number of nitrogens with zero attached hydrogens (tertiary/aromatic N) is 1. The van der Waals surface area contributed by atoms with Crippen LogP contribution in [0, 0.1) is 19.7 Å². The van der Waals surface area contributed by atoms with Crippen LogP contribution in [0.2, 0.25) is 5.02 Å². The number of halogens is 2. The van der Waals surface area contributed by atoms with Crippen LogP contribution in [-0.2, 0) is 9.59 Å². The number of carbonyl (C=O) groups excluding carboxylic acids is 2. The first-order valence-corrected chi connectivity index (χ1v) is 8.26. The number of rotatable bonds is 5. The molecule has 2 amide bonds. The Labute approximate surface area is 151 Å². The highest BCUT2D eigenvalue weighted by molar-refractivity contribution is 6.31. The van der Waals surface area contributed by atoms with E-state index in [1.165, 1.54) is 25.1 Å². The number of nitrogens with one attached hydrogen (secondary N) is 1. The van der Waals surface area contributed by atoms with Crippen LogP contribution < -0.4 is 10.2 Å². The van der Waals surface area contributed by atoms with Crippen molar-refractivity contribution in [3.63, 3.8) is 0 Å². The van der Waals surface area contributed by atoms with Crippen molar-refractivity contribution in [2.75, 3.05) is 16.8 Å². The van der Waals surface area contributed by atoms with Gasteiger partial charge in [-0.05, 0) is 43.7 Å². The van der Waals surface area contributed by atoms with Gasteiger partial charge in [0.25, 0.3) is 0 Å². The highest BCUT2D eigenvalue weighted by atomic mass is 35.5. The average Bonchev–Trinajstić information content (AvgIpc) is 2.52. The number of benzene rings is 2. The zero-order valence-corrected chi connectivity index (χ0v) is 15.2. The first-order valence-electron chi connectivity index (χ1n) is 7.88. The third-order valence-electron chi connectivity index (χ3n) is 3.79. The van der Waals surface area contributed by atoms with Crippen molar-refractivity contribution < 1.29 is 14.0 Å². The maximum atomic E-state index is 13.1. The minimum atomic E-state index is -0.544. The van der Waals surface area contributed by atoms with Crippen LogP contribution in [0.3, 0.4) is 0 Å². The second kappa shape index (κ2) is 8.12. The van der Waals surface area contributed by atoms with Crippen LogP contribution >= 0.6 is 11.6 Å². The first kappa shape index (κ1) is 18.9. The van der Waals surface area contributed by atoms with Crippen molar-refractivity contribution in [1.82, 2.24) is 0 Å². The molecule has 4 nitrogen and oxygen atoms in total. The Morgan fingerprint density at radius 1 is 1.16 bits per heavy atom. The molecule has 132 valence electrons. The predicted octanol–water partition coefficient (Wildman–Crippen LogP) is 4.48. The van der Waals surface area contributed by atoms with Crippen LogP contribution in [0.4, 0.5) is 15.8 Å². The summed E-state index contributed by atoms with van der Waals surface area (Å²) < 4.78 is 13.1. The summed E-state index contributed by atoms with van der Waals surface area (Å²) in [5.41, 5.74) is 3.28. The van der Waals surface area contributed by atoms with Gasteiger partial charge in [0.05, 0.1) is 5.02 Å². The highest BCUT2D eigenvalue weighted by Crippen LogP contribution is 2.22. The first-order chi connectivity index (χ1) is 11.8. The summed E-state index contributed by atoms with van der Waals surface area (Å²) >= 11 is 5.70. The zero-order chi connectivity index (χ0) is 18.6. The van der Waals surface area contributed by atoms with Gasteiger partial charge in [-0.3, -0.25) is 9.59 Å². The summed E-state index contributed by atoms with van der Waals surface area (Å²) in [6.07, 6.45) is 0.113. The van der Waals surface area contributed by atoms with Gasteiger partial charge in [0, 0.05) is 31.3 Å². The molecular weight excluding hydrogens is 343 g/mol. The third kappa shape index (κ3) is 5.03. The molecule has 0 spiro atoms. The number of carbonyl (C=O) groups is 2. The number of hydrogen-bond donors (Lipinski definition) is 1. The molecule has 0 saturated carbocycles. The Morgan fingerprint density at radius 3 is 2.48 bits per heavy atom. The molecule has 0 aromatic heterocycles. The number of hydrogen-bond acceptors (Lipinski definition) is 2. The normalized spacial score (nSPS) is 10.4. The summed E-state index contributed by atoms with van der Waals surface area (Å²) in [4.78, 5) is 25.7. The van der Waals surface area contributed by atoms with E-state index >= 15 is 0 Å². The monoisotopic (exact) mass is 362 g/mol. The smallest absolute Gasteiger partial charge is 0.226 e. The Bertz CT molecular complexity index is 808. The highest BCUT2D eigenvalue weighted by Gasteiger charge is 2.15. The van der Waals surface area contributed by atoms with E-state index in [9.17, 15) is 14.0 Å². The lowest BCUT2D eigenvalue weighted by molar-refractivity contribution is -0.117. The van der Waals surface area contributed by atoms with Crippen molar-refractivity contribution >= 4 is 34.8 Å². The summed E-state index contributed by atoms with van der Waals surface area (Å²) in [6, 6.07) is 9.78. The van der Waals surface area contributed by atoms with Crippen LogP contribution in [0.5, 0.6) is 0 Å². The van der Waals surface area contributed by atoms with Crippen LogP contribution in [0.1, 0.15) is 24.5 Å². The standard InChI is InChI=1S/C19H20ClFN2O2/c1-12-4-7-18(13(2)10-12)23(14(3)24)9-8-19(25)22-15-5-6-17(21)16(20)11-15/h4-7,10-11H,8-9H2,1-3H3,(H,22,25). The van der Waals surface area contributed by atoms with Gasteiger partial charge >= 0.3 is 0 Å². The van der Waals surface area contributed by atoms with Crippen molar-refractivity contribution in [1.29, 1.82) is 0 Å². The predicted molar refractivity (Wildman–Crippen MR) is 98.6 cm³/mol. The second-order valence-corrected chi connectivity index (χ2v) is 6.29. The van der Waals surface area contributed by atoms with Gasteiger partial charge in [0.2, 0.25) is 11.8 Å². The molecule has 0 aliphatic rings. The molecule has 0 saturated heterocycles. The molecule has 0 heterocycles. The molecule has 0 bridgehead atoms. The maximum absolute atomic E-state index is 13.1. The van der Waals surface area contributed by atoms with E-state index in [0.29, 0.717) is 5.69 Å². The molecule has 0 atom stereocenters. The van der Waals surface area contributed by atoms with Crippen molar-refractivity contribution in [3.8, 4) is 0 Å². The van der Waals surface area contributed by atoms with E-state index in [1.54, 1.807) is 4.90 Å². The lowest BCUT2D eigenvalue weighted by atomic mass is 10.1. The molecule has 25 heavy (non-hydrogen) atoms. The number of anilines is 2. The number of amides is 2. The van der Waals surface area contributed by atoms with Crippen molar-refractivity contribution in [3.05, 3.63) is 58.4 Å². The van der Waals surface area contributed by atoms with Crippen molar-refractivity contribution in [2.24, 2.45) is 0 Å². The van der Waals surface area contributed by atoms with E-state index in [4.69, 9.17) is 11.6 Å². The molecule has 2 aromatic carbocycles. The molecule has 2 aromatic rings. The summed E-state index contributed by atoms with van der Waals surface area (Å²) in [7, 11) is 0. The van der Waals surface area contributed by atoms with Gasteiger partial charge in [-0.1, -0.05) is 29.3 Å². The van der Waals surface area contributed by atoms with Gasteiger partial charge in [-0.2, -0.15) is 0 Å². The SMILES string of the molecule is CC(=O)N(CCC(=O)Nc1ccc(F)c(Cl)c1)c1ccc(C)cc1C. The largest absolute Gasteiger partial charge is 0.326 e. The molecule has 1 N–H and O–H groups in total. The second-order valence-electron chi connectivity index (χ2n) is 5.89. The lowest BCUT2D eigenvalue weighted by Gasteiger charge is -2.23. The molecular formula is C19H20ClFN2O2. The van der Waals surface area contributed by atoms with E-state index in [2.05, 4.69) is 5.32 Å². The molecule has 2 rings (SSSR count). The third-order valence-corrected chi connectivity index (χ3v) is 4.08. The number of aryl methyl sites for hydroxylation is 2. The Morgan fingerprint density at radius 2 is 1.88 bits per heavy atom. The van der Waals surface area contributed by atoms with Gasteiger partial charge < -0.3 is 10.2 Å². The van der Waals surface area contributed by atoms with Crippen LogP contribution in [0.15, 0.2) is 36.4 Å². The fourth-order valence-electron chi connectivity index (χ4n) is 2.57. The van der Waals surface area contributed by atoms with Gasteiger partial charge in [0.15, 0.2) is 0 Å². The Kier molecular flexibility index (Phi) is 6.15. The quantitative estimate of drug-likeness (QED) is 0.852. The molecule has 6 heteroatoms. The summed E-state index contributed by atoms with van der Waals surface area (Å²) in [5, 5.41) is 2.59. The van der Waals surface area contributed by atoms with E-state index in [0.717, 1.165) is 16.8 Å². The lowest BCUT2D eigenvalue weighted by Crippen LogP contribution is -2.32. The molecule has 0 fully saturated rings. The Balaban J connectivity index is 2.04. The molecule has 0 unspecified atom stereocenters. The fourth-order valence-corrected chi connectivity index (χ4v) is 2.75. The summed E-state index contributed by atoms with van der Waals surface area (Å²) in [5.74, 6) is -0.958. The van der Waals surface area contributed by atoms with Crippen molar-refractivity contribution in [2.45, 2.75) is 27.2 Å².